The number of hydrogen-bond acceptors (Lipinski definition) is 2. The highest BCUT2D eigenvalue weighted by Gasteiger charge is 2.26. The highest BCUT2D eigenvalue weighted by molar-refractivity contribution is 5.85. The van der Waals surface area contributed by atoms with Crippen molar-refractivity contribution in [2.75, 3.05) is 13.1 Å². The number of likely N-dealkylation sites (tertiary alicyclic amines) is 1. The van der Waals surface area contributed by atoms with Gasteiger partial charge in [0.25, 0.3) is 0 Å². The Kier molecular flexibility index (Phi) is 7.76. The first-order valence-corrected chi connectivity index (χ1v) is 7.76. The summed E-state index contributed by atoms with van der Waals surface area (Å²) in [7, 11) is 0. The van der Waals surface area contributed by atoms with Crippen molar-refractivity contribution in [1.29, 1.82) is 0 Å². The van der Waals surface area contributed by atoms with Crippen molar-refractivity contribution in [1.82, 2.24) is 4.90 Å². The lowest BCUT2D eigenvalue weighted by Gasteiger charge is -2.23. The van der Waals surface area contributed by atoms with Crippen molar-refractivity contribution < 1.29 is 4.79 Å². The number of aryl methyl sites for hydroxylation is 2. The molecule has 1 amide bonds. The van der Waals surface area contributed by atoms with Crippen molar-refractivity contribution in [3.63, 3.8) is 0 Å². The molecule has 118 valence electrons. The van der Waals surface area contributed by atoms with E-state index in [1.165, 1.54) is 11.1 Å². The zero-order valence-electron chi connectivity index (χ0n) is 12.9. The van der Waals surface area contributed by atoms with Crippen LogP contribution in [0.1, 0.15) is 43.2 Å². The maximum atomic E-state index is 12.1. The highest BCUT2D eigenvalue weighted by atomic mass is 35.5. The quantitative estimate of drug-likeness (QED) is 0.821. The molecule has 0 saturated carbocycles. The lowest BCUT2D eigenvalue weighted by atomic mass is 10.1. The fourth-order valence-electron chi connectivity index (χ4n) is 2.91. The van der Waals surface area contributed by atoms with E-state index >= 15 is 0 Å². The predicted molar refractivity (Wildman–Crippen MR) is 89.8 cm³/mol. The monoisotopic (exact) mass is 310 g/mol. The Morgan fingerprint density at radius 1 is 1.29 bits per heavy atom. The van der Waals surface area contributed by atoms with Crippen LogP contribution in [0.15, 0.2) is 24.3 Å². The number of unbranched alkanes of at least 4 members (excludes halogenated alkanes) is 1. The fraction of sp³-hybridized carbons (Fsp3) is 0.588. The van der Waals surface area contributed by atoms with Gasteiger partial charge >= 0.3 is 0 Å². The summed E-state index contributed by atoms with van der Waals surface area (Å²) in [6, 6.07) is 8.96. The van der Waals surface area contributed by atoms with Gasteiger partial charge in [-0.05, 0) is 44.6 Å². The minimum atomic E-state index is 0. The van der Waals surface area contributed by atoms with E-state index in [2.05, 4.69) is 31.2 Å². The number of halogens is 1. The maximum Gasteiger partial charge on any atom is 0.222 e. The Morgan fingerprint density at radius 2 is 2.00 bits per heavy atom. The minimum Gasteiger partial charge on any atom is -0.338 e. The van der Waals surface area contributed by atoms with Crippen LogP contribution in [0.2, 0.25) is 0 Å². The molecular weight excluding hydrogens is 284 g/mol. The van der Waals surface area contributed by atoms with E-state index in [4.69, 9.17) is 5.73 Å². The SMILES string of the molecule is Cc1ccc(CCCCC(=O)N2CCCC2CN)cc1.Cl. The average Bonchev–Trinajstić information content (AvgIpc) is 2.94. The summed E-state index contributed by atoms with van der Waals surface area (Å²) in [5.74, 6) is 0.293. The molecule has 1 heterocycles. The third-order valence-corrected chi connectivity index (χ3v) is 4.20. The summed E-state index contributed by atoms with van der Waals surface area (Å²) in [5, 5.41) is 0. The van der Waals surface area contributed by atoms with E-state index in [9.17, 15) is 4.79 Å². The Morgan fingerprint density at radius 3 is 2.67 bits per heavy atom. The molecule has 1 fully saturated rings. The first kappa shape index (κ1) is 18.0. The normalized spacial score (nSPS) is 17.6. The Labute approximate surface area is 134 Å². The van der Waals surface area contributed by atoms with E-state index in [0.717, 1.165) is 38.6 Å². The summed E-state index contributed by atoms with van der Waals surface area (Å²) in [6.07, 6.45) is 5.97. The van der Waals surface area contributed by atoms with Crippen LogP contribution in [0.5, 0.6) is 0 Å². The van der Waals surface area contributed by atoms with Crippen LogP contribution in [0.4, 0.5) is 0 Å². The molecule has 2 N–H and O–H groups in total. The molecule has 0 aromatic heterocycles. The van der Waals surface area contributed by atoms with Crippen LogP contribution in [-0.2, 0) is 11.2 Å². The molecule has 1 aliphatic rings. The molecule has 1 aromatic rings. The lowest BCUT2D eigenvalue weighted by molar-refractivity contribution is -0.131. The van der Waals surface area contributed by atoms with E-state index in [1.807, 2.05) is 4.90 Å². The van der Waals surface area contributed by atoms with E-state index < -0.39 is 0 Å². The van der Waals surface area contributed by atoms with Gasteiger partial charge in [0, 0.05) is 25.6 Å². The third-order valence-electron chi connectivity index (χ3n) is 4.20. The number of carbonyl (C=O) groups excluding carboxylic acids is 1. The molecular formula is C17H27ClN2O. The highest BCUT2D eigenvalue weighted by Crippen LogP contribution is 2.18. The molecule has 0 spiro atoms. The van der Waals surface area contributed by atoms with Gasteiger partial charge in [0.15, 0.2) is 0 Å². The lowest BCUT2D eigenvalue weighted by Crippen LogP contribution is -2.39. The second-order valence-electron chi connectivity index (χ2n) is 5.81. The molecule has 1 atom stereocenters. The second-order valence-corrected chi connectivity index (χ2v) is 5.81. The Hall–Kier alpha value is -1.06. The van der Waals surface area contributed by atoms with Crippen LogP contribution in [-0.4, -0.2) is 29.9 Å². The average molecular weight is 311 g/mol. The van der Waals surface area contributed by atoms with E-state index in [0.29, 0.717) is 24.9 Å². The molecule has 1 aliphatic heterocycles. The molecule has 1 aromatic carbocycles. The molecule has 0 bridgehead atoms. The van der Waals surface area contributed by atoms with Gasteiger partial charge in [0.1, 0.15) is 0 Å². The van der Waals surface area contributed by atoms with Crippen LogP contribution >= 0.6 is 12.4 Å². The summed E-state index contributed by atoms with van der Waals surface area (Å²) in [4.78, 5) is 14.1. The zero-order valence-corrected chi connectivity index (χ0v) is 13.7. The van der Waals surface area contributed by atoms with Gasteiger partial charge in [0.05, 0.1) is 0 Å². The molecule has 3 nitrogen and oxygen atoms in total. The number of carbonyl (C=O) groups is 1. The number of amides is 1. The largest absolute Gasteiger partial charge is 0.338 e. The van der Waals surface area contributed by atoms with E-state index in [1.54, 1.807) is 0 Å². The third kappa shape index (κ3) is 5.33. The van der Waals surface area contributed by atoms with Crippen molar-refractivity contribution in [3.8, 4) is 0 Å². The topological polar surface area (TPSA) is 46.3 Å². The van der Waals surface area contributed by atoms with Crippen molar-refractivity contribution in [3.05, 3.63) is 35.4 Å². The first-order chi connectivity index (χ1) is 9.70. The van der Waals surface area contributed by atoms with Gasteiger partial charge in [-0.15, -0.1) is 12.4 Å². The molecule has 21 heavy (non-hydrogen) atoms. The summed E-state index contributed by atoms with van der Waals surface area (Å²) >= 11 is 0. The van der Waals surface area contributed by atoms with Gasteiger partial charge < -0.3 is 10.6 Å². The van der Waals surface area contributed by atoms with Crippen LogP contribution < -0.4 is 5.73 Å². The smallest absolute Gasteiger partial charge is 0.222 e. The van der Waals surface area contributed by atoms with Crippen LogP contribution in [0.3, 0.4) is 0 Å². The molecule has 4 heteroatoms. The maximum absolute atomic E-state index is 12.1. The summed E-state index contributed by atoms with van der Waals surface area (Å²) in [6.45, 7) is 3.61. The van der Waals surface area contributed by atoms with Gasteiger partial charge in [-0.25, -0.2) is 0 Å². The number of nitrogens with zero attached hydrogens (tertiary/aromatic N) is 1. The van der Waals surface area contributed by atoms with Gasteiger partial charge in [-0.3, -0.25) is 4.79 Å². The number of hydrogen-bond donors (Lipinski definition) is 1. The van der Waals surface area contributed by atoms with Gasteiger partial charge in [0.2, 0.25) is 5.91 Å². The number of rotatable bonds is 6. The van der Waals surface area contributed by atoms with Crippen molar-refractivity contribution in [2.45, 2.75) is 51.5 Å². The first-order valence-electron chi connectivity index (χ1n) is 7.76. The van der Waals surface area contributed by atoms with E-state index in [-0.39, 0.29) is 12.4 Å². The number of benzene rings is 1. The fourth-order valence-corrected chi connectivity index (χ4v) is 2.91. The zero-order chi connectivity index (χ0) is 14.4. The second kappa shape index (κ2) is 9.06. The minimum absolute atomic E-state index is 0. The summed E-state index contributed by atoms with van der Waals surface area (Å²) in [5.41, 5.74) is 8.37. The van der Waals surface area contributed by atoms with Gasteiger partial charge in [-0.1, -0.05) is 29.8 Å². The van der Waals surface area contributed by atoms with Crippen LogP contribution in [0, 0.1) is 6.92 Å². The number of nitrogens with two attached hydrogens (primary N) is 1. The molecule has 2 rings (SSSR count). The molecule has 0 radical (unpaired) electrons. The predicted octanol–water partition coefficient (Wildman–Crippen LogP) is 3.08. The molecule has 1 unspecified atom stereocenters. The molecule has 0 aliphatic carbocycles. The van der Waals surface area contributed by atoms with Crippen molar-refractivity contribution in [2.24, 2.45) is 5.73 Å². The summed E-state index contributed by atoms with van der Waals surface area (Å²) < 4.78 is 0. The Bertz CT molecular complexity index is 433. The van der Waals surface area contributed by atoms with Crippen LogP contribution in [0.25, 0.3) is 0 Å². The Balaban J connectivity index is 0.00000220. The van der Waals surface area contributed by atoms with Gasteiger partial charge in [-0.2, -0.15) is 0 Å². The molecule has 1 saturated heterocycles. The van der Waals surface area contributed by atoms with Crippen molar-refractivity contribution >= 4 is 18.3 Å². The standard InChI is InChI=1S/C17H26N2O.ClH/c1-14-8-10-15(11-9-14)5-2-3-7-17(20)19-12-4-6-16(19)13-18;/h8-11,16H,2-7,12-13,18H2,1H3;1H.